The van der Waals surface area contributed by atoms with Crippen molar-refractivity contribution in [2.45, 2.75) is 36.7 Å². The van der Waals surface area contributed by atoms with Crippen molar-refractivity contribution in [1.29, 1.82) is 0 Å². The number of carbonyl (C=O) groups excluding carboxylic acids is 1. The van der Waals surface area contributed by atoms with E-state index in [1.807, 2.05) is 37.3 Å². The molecule has 34 heavy (non-hydrogen) atoms. The third-order valence-electron chi connectivity index (χ3n) is 5.29. The van der Waals surface area contributed by atoms with Gasteiger partial charge in [0.2, 0.25) is 5.91 Å². The number of anilines is 1. The Balaban J connectivity index is 1.61. The largest absolute Gasteiger partial charge is 0.497 e. The molecule has 0 saturated heterocycles. The van der Waals surface area contributed by atoms with Crippen molar-refractivity contribution >= 4 is 34.5 Å². The summed E-state index contributed by atoms with van der Waals surface area (Å²) in [5.41, 5.74) is 2.01. The van der Waals surface area contributed by atoms with Crippen LogP contribution in [0.4, 0.5) is 5.69 Å². The van der Waals surface area contributed by atoms with Crippen molar-refractivity contribution in [3.05, 3.63) is 82.9 Å². The third-order valence-corrected chi connectivity index (χ3v) is 6.65. The Morgan fingerprint density at radius 2 is 1.82 bits per heavy atom. The summed E-state index contributed by atoms with van der Waals surface area (Å²) in [4.78, 5) is 39.3. The number of benzene rings is 2. The van der Waals surface area contributed by atoms with Gasteiger partial charge in [0.15, 0.2) is 16.3 Å². The maximum absolute atomic E-state index is 13.3. The van der Waals surface area contributed by atoms with E-state index in [1.54, 1.807) is 35.9 Å². The van der Waals surface area contributed by atoms with Crippen molar-refractivity contribution in [2.24, 2.45) is 0 Å². The molecule has 2 aromatic carbocycles. The Bertz CT molecular complexity index is 1330. The Hall–Kier alpha value is -3.72. The monoisotopic (exact) mass is 475 g/mol. The van der Waals surface area contributed by atoms with Crippen LogP contribution in [0, 0.1) is 0 Å². The molecule has 0 aliphatic heterocycles. The second-order valence-corrected chi connectivity index (χ2v) is 8.72. The highest BCUT2D eigenvalue weighted by Crippen LogP contribution is 2.26. The summed E-state index contributed by atoms with van der Waals surface area (Å²) in [6.45, 7) is 2.35. The van der Waals surface area contributed by atoms with E-state index < -0.39 is 5.25 Å². The highest BCUT2D eigenvalue weighted by Gasteiger charge is 2.23. The van der Waals surface area contributed by atoms with Gasteiger partial charge in [0.1, 0.15) is 5.75 Å². The zero-order valence-corrected chi connectivity index (χ0v) is 19.8. The molecule has 0 bridgehead atoms. The van der Waals surface area contributed by atoms with E-state index >= 15 is 0 Å². The van der Waals surface area contributed by atoms with Gasteiger partial charge in [-0.05, 0) is 42.7 Å². The normalized spacial score (nSPS) is 11.8. The van der Waals surface area contributed by atoms with E-state index in [1.165, 1.54) is 24.2 Å². The lowest BCUT2D eigenvalue weighted by Gasteiger charge is -2.18. The van der Waals surface area contributed by atoms with Crippen LogP contribution in [0.25, 0.3) is 11.2 Å². The number of hydrogen-bond donors (Lipinski definition) is 1. The maximum atomic E-state index is 13.3. The molecular formula is C25H25N5O3S. The summed E-state index contributed by atoms with van der Waals surface area (Å²) in [7, 11) is 1.59. The zero-order valence-electron chi connectivity index (χ0n) is 19.0. The van der Waals surface area contributed by atoms with E-state index in [4.69, 9.17) is 4.74 Å². The summed E-state index contributed by atoms with van der Waals surface area (Å²) in [5.74, 6) is 0.545. The molecule has 0 radical (unpaired) electrons. The topological polar surface area (TPSA) is 99.0 Å². The summed E-state index contributed by atoms with van der Waals surface area (Å²) in [5, 5.41) is 2.93. The number of fused-ring (bicyclic) bond motifs is 1. The Kier molecular flexibility index (Phi) is 7.54. The van der Waals surface area contributed by atoms with Gasteiger partial charge in [-0.2, -0.15) is 0 Å². The van der Waals surface area contributed by atoms with Gasteiger partial charge in [-0.15, -0.1) is 0 Å². The molecule has 0 aliphatic rings. The second kappa shape index (κ2) is 10.9. The van der Waals surface area contributed by atoms with Crippen LogP contribution in [0.5, 0.6) is 5.75 Å². The van der Waals surface area contributed by atoms with Gasteiger partial charge in [0, 0.05) is 24.6 Å². The minimum absolute atomic E-state index is 0.166. The van der Waals surface area contributed by atoms with Gasteiger partial charge in [-0.1, -0.05) is 49.0 Å². The van der Waals surface area contributed by atoms with Crippen molar-refractivity contribution in [1.82, 2.24) is 19.5 Å². The Morgan fingerprint density at radius 1 is 1.09 bits per heavy atom. The lowest BCUT2D eigenvalue weighted by Crippen LogP contribution is -2.29. The first-order valence-corrected chi connectivity index (χ1v) is 11.8. The molecule has 0 saturated carbocycles. The molecule has 2 aromatic heterocycles. The van der Waals surface area contributed by atoms with E-state index in [9.17, 15) is 9.59 Å². The second-order valence-electron chi connectivity index (χ2n) is 7.55. The molecule has 9 heteroatoms. The number of hydrogen-bond acceptors (Lipinski definition) is 7. The van der Waals surface area contributed by atoms with Crippen LogP contribution >= 0.6 is 11.8 Å². The minimum atomic E-state index is -0.453. The predicted molar refractivity (Wildman–Crippen MR) is 133 cm³/mol. The van der Waals surface area contributed by atoms with Crippen molar-refractivity contribution in [3.63, 3.8) is 0 Å². The number of aryl methyl sites for hydroxylation is 1. The molecule has 174 valence electrons. The van der Waals surface area contributed by atoms with Gasteiger partial charge in [-0.25, -0.2) is 15.0 Å². The average molecular weight is 476 g/mol. The first-order valence-electron chi connectivity index (χ1n) is 11.0. The number of aromatic nitrogens is 4. The highest BCUT2D eigenvalue weighted by atomic mass is 32.2. The fourth-order valence-corrected chi connectivity index (χ4v) is 4.48. The van der Waals surface area contributed by atoms with Crippen LogP contribution in [0.2, 0.25) is 0 Å². The molecule has 2 heterocycles. The lowest BCUT2D eigenvalue weighted by atomic mass is 10.1. The van der Waals surface area contributed by atoms with E-state index in [0.29, 0.717) is 36.0 Å². The number of methoxy groups -OCH3 is 1. The Morgan fingerprint density at radius 3 is 2.53 bits per heavy atom. The smallest absolute Gasteiger partial charge is 0.282 e. The number of amides is 1. The van der Waals surface area contributed by atoms with E-state index in [0.717, 1.165) is 5.56 Å². The fourth-order valence-electron chi connectivity index (χ4n) is 3.45. The quantitative estimate of drug-likeness (QED) is 0.289. The maximum Gasteiger partial charge on any atom is 0.282 e. The van der Waals surface area contributed by atoms with Crippen molar-refractivity contribution < 1.29 is 9.53 Å². The molecule has 0 aliphatic carbocycles. The summed E-state index contributed by atoms with van der Waals surface area (Å²) in [6, 6.07) is 17.1. The van der Waals surface area contributed by atoms with E-state index in [2.05, 4.69) is 20.3 Å². The molecule has 4 aromatic rings. The van der Waals surface area contributed by atoms with Gasteiger partial charge in [0.05, 0.1) is 12.4 Å². The number of nitrogens with one attached hydrogen (secondary N) is 1. The average Bonchev–Trinajstić information content (AvgIpc) is 2.88. The standard InChI is InChI=1S/C25H25N5O3S/c1-3-20(23(31)28-18-9-11-19(33-2)12-10-18)34-25-29-22-21(26-14-15-27-22)24(32)30(25)16-13-17-7-5-4-6-8-17/h4-12,14-15,20H,3,13,16H2,1-2H3,(H,28,31)/t20-/m1/s1. The molecule has 0 unspecified atom stereocenters. The summed E-state index contributed by atoms with van der Waals surface area (Å²) in [6.07, 6.45) is 4.19. The summed E-state index contributed by atoms with van der Waals surface area (Å²) >= 11 is 1.26. The van der Waals surface area contributed by atoms with Crippen LogP contribution in [0.3, 0.4) is 0 Å². The number of rotatable bonds is 9. The molecule has 1 N–H and O–H groups in total. The van der Waals surface area contributed by atoms with E-state index in [-0.39, 0.29) is 22.6 Å². The first kappa shape index (κ1) is 23.4. The number of carbonyl (C=O) groups is 1. The number of ether oxygens (including phenoxy) is 1. The molecule has 0 fully saturated rings. The lowest BCUT2D eigenvalue weighted by molar-refractivity contribution is -0.115. The molecule has 1 atom stereocenters. The molecule has 8 nitrogen and oxygen atoms in total. The van der Waals surface area contributed by atoms with Crippen molar-refractivity contribution in [3.8, 4) is 5.75 Å². The highest BCUT2D eigenvalue weighted by molar-refractivity contribution is 8.00. The van der Waals surface area contributed by atoms with Crippen LogP contribution < -0.4 is 15.6 Å². The van der Waals surface area contributed by atoms with Gasteiger partial charge in [0.25, 0.3) is 5.56 Å². The van der Waals surface area contributed by atoms with Crippen LogP contribution in [0.15, 0.2) is 76.9 Å². The number of thioether (sulfide) groups is 1. The minimum Gasteiger partial charge on any atom is -0.497 e. The third kappa shape index (κ3) is 5.43. The van der Waals surface area contributed by atoms with Crippen LogP contribution in [-0.4, -0.2) is 37.8 Å². The molecule has 0 spiro atoms. The Labute approximate surface area is 201 Å². The first-order chi connectivity index (χ1) is 16.6. The fraction of sp³-hybridized carbons (Fsp3) is 0.240. The van der Waals surface area contributed by atoms with Gasteiger partial charge in [-0.3, -0.25) is 14.2 Å². The molecule has 4 rings (SSSR count). The predicted octanol–water partition coefficient (Wildman–Crippen LogP) is 3.95. The van der Waals surface area contributed by atoms with Gasteiger partial charge < -0.3 is 10.1 Å². The van der Waals surface area contributed by atoms with Crippen LogP contribution in [-0.2, 0) is 17.8 Å². The molecular weight excluding hydrogens is 450 g/mol. The van der Waals surface area contributed by atoms with Crippen LogP contribution in [0.1, 0.15) is 18.9 Å². The number of nitrogens with zero attached hydrogens (tertiary/aromatic N) is 4. The zero-order chi connectivity index (χ0) is 23.9. The SMILES string of the molecule is CC[C@@H](Sc1nc2nccnc2c(=O)n1CCc1ccccc1)C(=O)Nc1ccc(OC)cc1. The molecule has 1 amide bonds. The van der Waals surface area contributed by atoms with Crippen molar-refractivity contribution in [2.75, 3.05) is 12.4 Å². The summed E-state index contributed by atoms with van der Waals surface area (Å²) < 4.78 is 6.76. The van der Waals surface area contributed by atoms with Gasteiger partial charge >= 0.3 is 0 Å².